The Balaban J connectivity index is 1.70. The lowest BCUT2D eigenvalue weighted by atomic mass is 10.1. The molecule has 0 aromatic carbocycles. The van der Waals surface area contributed by atoms with Crippen LogP contribution in [-0.2, 0) is 6.54 Å². The molecule has 0 amide bonds. The van der Waals surface area contributed by atoms with Crippen LogP contribution in [0.4, 0.5) is 0 Å². The summed E-state index contributed by atoms with van der Waals surface area (Å²) < 4.78 is 5.13. The van der Waals surface area contributed by atoms with Crippen molar-refractivity contribution in [2.45, 2.75) is 25.8 Å². The Labute approximate surface area is 133 Å². The lowest BCUT2D eigenvalue weighted by Crippen LogP contribution is -2.42. The number of rotatable bonds is 6. The molecule has 2 N–H and O–H groups in total. The molecule has 6 heteroatoms. The fourth-order valence-corrected chi connectivity index (χ4v) is 2.58. The fraction of sp³-hybridized carbons (Fsp3) is 0.625. The summed E-state index contributed by atoms with van der Waals surface area (Å²) in [5.74, 6) is 1.44. The monoisotopic (exact) mass is 305 g/mol. The van der Waals surface area contributed by atoms with Crippen molar-refractivity contribution in [3.63, 3.8) is 0 Å². The van der Waals surface area contributed by atoms with Gasteiger partial charge in [-0.2, -0.15) is 0 Å². The molecule has 0 aliphatic carbocycles. The number of nitrogens with zero attached hydrogens (tertiary/aromatic N) is 3. The number of aromatic nitrogens is 1. The highest BCUT2D eigenvalue weighted by Gasteiger charge is 2.09. The second-order valence-corrected chi connectivity index (χ2v) is 5.43. The molecule has 1 aromatic heterocycles. The number of pyridine rings is 1. The van der Waals surface area contributed by atoms with Gasteiger partial charge in [0.2, 0.25) is 5.88 Å². The highest BCUT2D eigenvalue weighted by atomic mass is 16.5. The summed E-state index contributed by atoms with van der Waals surface area (Å²) in [6.07, 6.45) is 4.03. The van der Waals surface area contributed by atoms with Crippen molar-refractivity contribution in [2.24, 2.45) is 4.99 Å². The van der Waals surface area contributed by atoms with E-state index in [2.05, 4.69) is 25.5 Å². The molecule has 1 aliphatic rings. The van der Waals surface area contributed by atoms with Crippen LogP contribution in [0.15, 0.2) is 23.2 Å². The van der Waals surface area contributed by atoms with Crippen LogP contribution in [0.3, 0.4) is 0 Å². The fourth-order valence-electron chi connectivity index (χ4n) is 2.58. The van der Waals surface area contributed by atoms with Gasteiger partial charge < -0.3 is 20.3 Å². The second-order valence-electron chi connectivity index (χ2n) is 5.43. The average molecular weight is 305 g/mol. The molecular formula is C16H27N5O. The number of nitrogens with one attached hydrogen (secondary N) is 2. The highest BCUT2D eigenvalue weighted by molar-refractivity contribution is 5.79. The van der Waals surface area contributed by atoms with Crippen LogP contribution in [0, 0.1) is 0 Å². The predicted molar refractivity (Wildman–Crippen MR) is 89.3 cm³/mol. The Morgan fingerprint density at radius 3 is 2.82 bits per heavy atom. The molecule has 2 rings (SSSR count). The van der Waals surface area contributed by atoms with Gasteiger partial charge in [0.1, 0.15) is 0 Å². The lowest BCUT2D eigenvalue weighted by Gasteiger charge is -2.26. The van der Waals surface area contributed by atoms with Crippen LogP contribution in [-0.4, -0.2) is 56.2 Å². The predicted octanol–water partition coefficient (Wildman–Crippen LogP) is 1.24. The number of piperidine rings is 1. The highest BCUT2D eigenvalue weighted by Crippen LogP contribution is 2.07. The van der Waals surface area contributed by atoms with E-state index in [0.29, 0.717) is 12.4 Å². The SMILES string of the molecule is CN=C(NCCN1CCCCC1)NCc1cccc(OC)n1. The van der Waals surface area contributed by atoms with Crippen molar-refractivity contribution in [1.82, 2.24) is 20.5 Å². The van der Waals surface area contributed by atoms with Crippen molar-refractivity contribution in [2.75, 3.05) is 40.3 Å². The van der Waals surface area contributed by atoms with Gasteiger partial charge in [0, 0.05) is 26.2 Å². The number of likely N-dealkylation sites (tertiary alicyclic amines) is 1. The van der Waals surface area contributed by atoms with E-state index in [4.69, 9.17) is 4.74 Å². The van der Waals surface area contributed by atoms with E-state index in [9.17, 15) is 0 Å². The zero-order valence-electron chi connectivity index (χ0n) is 13.6. The van der Waals surface area contributed by atoms with E-state index < -0.39 is 0 Å². The largest absolute Gasteiger partial charge is 0.481 e. The molecule has 0 radical (unpaired) electrons. The molecule has 0 atom stereocenters. The van der Waals surface area contributed by atoms with Crippen molar-refractivity contribution < 1.29 is 4.74 Å². The topological polar surface area (TPSA) is 61.8 Å². The summed E-state index contributed by atoms with van der Waals surface area (Å²) in [6.45, 7) is 5.05. The van der Waals surface area contributed by atoms with E-state index in [-0.39, 0.29) is 0 Å². The van der Waals surface area contributed by atoms with Crippen molar-refractivity contribution >= 4 is 5.96 Å². The minimum absolute atomic E-state index is 0.626. The smallest absolute Gasteiger partial charge is 0.213 e. The number of aliphatic imine (C=N–C) groups is 1. The van der Waals surface area contributed by atoms with Crippen LogP contribution >= 0.6 is 0 Å². The summed E-state index contributed by atoms with van der Waals surface area (Å²) in [4.78, 5) is 11.1. The van der Waals surface area contributed by atoms with Gasteiger partial charge in [0.05, 0.1) is 19.3 Å². The second kappa shape index (κ2) is 9.25. The van der Waals surface area contributed by atoms with Gasteiger partial charge in [0.15, 0.2) is 5.96 Å². The summed E-state index contributed by atoms with van der Waals surface area (Å²) in [5, 5.41) is 6.63. The number of methoxy groups -OCH3 is 1. The maximum Gasteiger partial charge on any atom is 0.213 e. The Bertz CT molecular complexity index is 471. The normalized spacial score (nSPS) is 16.4. The summed E-state index contributed by atoms with van der Waals surface area (Å²) in [5.41, 5.74) is 0.929. The Kier molecular flexibility index (Phi) is 6.96. The average Bonchev–Trinajstić information content (AvgIpc) is 2.59. The van der Waals surface area contributed by atoms with E-state index in [1.807, 2.05) is 18.2 Å². The molecule has 0 unspecified atom stereocenters. The first kappa shape index (κ1) is 16.5. The number of guanidine groups is 1. The Morgan fingerprint density at radius 1 is 1.27 bits per heavy atom. The van der Waals surface area contributed by atoms with Gasteiger partial charge in [0.25, 0.3) is 0 Å². The Hall–Kier alpha value is -1.82. The van der Waals surface area contributed by atoms with Crippen molar-refractivity contribution in [3.05, 3.63) is 23.9 Å². The zero-order chi connectivity index (χ0) is 15.6. The van der Waals surface area contributed by atoms with Crippen LogP contribution in [0.5, 0.6) is 5.88 Å². The molecule has 6 nitrogen and oxygen atoms in total. The minimum atomic E-state index is 0.626. The molecule has 0 saturated carbocycles. The standard InChI is InChI=1S/C16H27N5O/c1-17-16(18-9-12-21-10-4-3-5-11-21)19-13-14-7-6-8-15(20-14)22-2/h6-8H,3-5,9-13H2,1-2H3,(H2,17,18,19). The number of hydrogen-bond acceptors (Lipinski definition) is 4. The molecule has 22 heavy (non-hydrogen) atoms. The van der Waals surface area contributed by atoms with Crippen LogP contribution in [0.2, 0.25) is 0 Å². The van der Waals surface area contributed by atoms with Crippen molar-refractivity contribution in [1.29, 1.82) is 0 Å². The minimum Gasteiger partial charge on any atom is -0.481 e. The molecule has 0 spiro atoms. The first-order valence-electron chi connectivity index (χ1n) is 7.98. The molecule has 1 saturated heterocycles. The van der Waals surface area contributed by atoms with Gasteiger partial charge in [-0.15, -0.1) is 0 Å². The third-order valence-electron chi connectivity index (χ3n) is 3.82. The molecule has 0 bridgehead atoms. The third kappa shape index (κ3) is 5.52. The maximum absolute atomic E-state index is 5.13. The number of hydrogen-bond donors (Lipinski definition) is 2. The van der Waals surface area contributed by atoms with Gasteiger partial charge in [-0.1, -0.05) is 12.5 Å². The molecule has 1 aliphatic heterocycles. The first-order chi connectivity index (χ1) is 10.8. The summed E-state index contributed by atoms with van der Waals surface area (Å²) in [7, 11) is 3.41. The van der Waals surface area contributed by atoms with Crippen molar-refractivity contribution in [3.8, 4) is 5.88 Å². The van der Waals surface area contributed by atoms with Gasteiger partial charge in [-0.25, -0.2) is 4.98 Å². The van der Waals surface area contributed by atoms with E-state index in [0.717, 1.165) is 24.7 Å². The maximum atomic E-state index is 5.13. The quantitative estimate of drug-likeness (QED) is 0.612. The number of ether oxygens (including phenoxy) is 1. The molecular weight excluding hydrogens is 278 g/mol. The first-order valence-corrected chi connectivity index (χ1v) is 7.98. The Morgan fingerprint density at radius 2 is 2.09 bits per heavy atom. The van der Waals surface area contributed by atoms with E-state index in [1.165, 1.54) is 32.4 Å². The molecule has 1 aromatic rings. The lowest BCUT2D eigenvalue weighted by molar-refractivity contribution is 0.232. The molecule has 122 valence electrons. The van der Waals surface area contributed by atoms with E-state index in [1.54, 1.807) is 14.2 Å². The third-order valence-corrected chi connectivity index (χ3v) is 3.82. The van der Waals surface area contributed by atoms with Crippen LogP contribution in [0.25, 0.3) is 0 Å². The van der Waals surface area contributed by atoms with Gasteiger partial charge >= 0.3 is 0 Å². The molecule has 1 fully saturated rings. The van der Waals surface area contributed by atoms with Gasteiger partial charge in [-0.05, 0) is 32.0 Å². The van der Waals surface area contributed by atoms with Crippen LogP contribution < -0.4 is 15.4 Å². The molecule has 2 heterocycles. The zero-order valence-corrected chi connectivity index (χ0v) is 13.6. The van der Waals surface area contributed by atoms with E-state index >= 15 is 0 Å². The van der Waals surface area contributed by atoms with Gasteiger partial charge in [-0.3, -0.25) is 4.99 Å². The van der Waals surface area contributed by atoms with Crippen LogP contribution in [0.1, 0.15) is 25.0 Å². The summed E-state index contributed by atoms with van der Waals surface area (Å²) in [6, 6.07) is 5.75. The summed E-state index contributed by atoms with van der Waals surface area (Å²) >= 11 is 0.